The summed E-state index contributed by atoms with van der Waals surface area (Å²) in [6.45, 7) is 1.87. The van der Waals surface area contributed by atoms with E-state index in [0.717, 1.165) is 0 Å². The molecule has 0 aliphatic carbocycles. The van der Waals surface area contributed by atoms with Gasteiger partial charge >= 0.3 is 5.97 Å². The number of rotatable bonds is 4. The topological polar surface area (TPSA) is 43.4 Å². The largest absolute Gasteiger partial charge is 0.464 e. The molecule has 1 rings (SSSR count). The van der Waals surface area contributed by atoms with Gasteiger partial charge in [-0.05, 0) is 31.2 Å². The monoisotopic (exact) mass is 382 g/mol. The van der Waals surface area contributed by atoms with E-state index in [1.165, 1.54) is 0 Å². The molecule has 0 fully saturated rings. The molecule has 0 aliphatic heterocycles. The van der Waals surface area contributed by atoms with Gasteiger partial charge in [-0.3, -0.25) is 4.79 Å². The summed E-state index contributed by atoms with van der Waals surface area (Å²) in [6, 6.07) is 6.24. The Morgan fingerprint density at radius 1 is 1.29 bits per heavy atom. The summed E-state index contributed by atoms with van der Waals surface area (Å²) in [5.74, 6) is -1.12. The quantitative estimate of drug-likeness (QED) is 0.345. The van der Waals surface area contributed by atoms with Crippen molar-refractivity contribution in [3.63, 3.8) is 0 Å². The van der Waals surface area contributed by atoms with E-state index in [0.29, 0.717) is 10.6 Å². The Balaban J connectivity index is 2.95. The van der Waals surface area contributed by atoms with E-state index in [9.17, 15) is 9.59 Å². The number of Topliss-reactive ketones (excluding diaryl/α,β-unsaturated/α-hetero) is 1. The van der Waals surface area contributed by atoms with Crippen LogP contribution in [0.5, 0.6) is 0 Å². The Kier molecular flexibility index (Phi) is 5.16. The van der Waals surface area contributed by atoms with E-state index in [4.69, 9.17) is 16.3 Å². The fourth-order valence-corrected chi connectivity index (χ4v) is 1.91. The van der Waals surface area contributed by atoms with Crippen molar-refractivity contribution in [1.29, 1.82) is 0 Å². The van der Waals surface area contributed by atoms with Crippen LogP contribution >= 0.6 is 43.5 Å². The van der Waals surface area contributed by atoms with Gasteiger partial charge in [-0.15, -0.1) is 0 Å². The zero-order valence-electron chi connectivity index (χ0n) is 8.88. The fourth-order valence-electron chi connectivity index (χ4n) is 1.10. The van der Waals surface area contributed by atoms with Gasteiger partial charge in [0.15, 0.2) is 0 Å². The number of hydrogen-bond donors (Lipinski definition) is 0. The third kappa shape index (κ3) is 3.53. The van der Waals surface area contributed by atoms with Crippen LogP contribution in [-0.2, 0) is 9.53 Å². The van der Waals surface area contributed by atoms with Crippen molar-refractivity contribution in [3.8, 4) is 0 Å². The van der Waals surface area contributed by atoms with Crippen LogP contribution in [0.15, 0.2) is 24.3 Å². The van der Waals surface area contributed by atoms with E-state index < -0.39 is 15.0 Å². The van der Waals surface area contributed by atoms with E-state index in [1.807, 2.05) is 0 Å². The fraction of sp³-hybridized carbons (Fsp3) is 0.273. The Bertz CT molecular complexity index is 429. The summed E-state index contributed by atoms with van der Waals surface area (Å²) in [5, 5.41) is 0.521. The minimum atomic E-state index is -1.55. The summed E-state index contributed by atoms with van der Waals surface area (Å²) < 4.78 is 3.24. The maximum atomic E-state index is 12.1. The molecule has 92 valence electrons. The second-order valence-corrected chi connectivity index (χ2v) is 7.01. The molecule has 0 bridgehead atoms. The van der Waals surface area contributed by atoms with Gasteiger partial charge in [0, 0.05) is 10.6 Å². The summed E-state index contributed by atoms with van der Waals surface area (Å²) in [5.41, 5.74) is 0.358. The molecule has 1 aromatic rings. The zero-order chi connectivity index (χ0) is 13.1. The lowest BCUT2D eigenvalue weighted by Crippen LogP contribution is -2.36. The van der Waals surface area contributed by atoms with Crippen LogP contribution < -0.4 is 0 Å². The molecule has 0 heterocycles. The molecule has 1 aromatic carbocycles. The minimum Gasteiger partial charge on any atom is -0.464 e. The van der Waals surface area contributed by atoms with Gasteiger partial charge in [0.1, 0.15) is 0 Å². The van der Waals surface area contributed by atoms with Crippen molar-refractivity contribution in [2.45, 2.75) is 10.2 Å². The number of carbonyl (C=O) groups is 2. The number of ether oxygens (including phenoxy) is 1. The van der Waals surface area contributed by atoms with Crippen molar-refractivity contribution in [3.05, 3.63) is 34.9 Å². The van der Waals surface area contributed by atoms with Crippen molar-refractivity contribution in [2.75, 3.05) is 6.61 Å². The van der Waals surface area contributed by atoms with Crippen LogP contribution in [-0.4, -0.2) is 21.6 Å². The highest BCUT2D eigenvalue weighted by molar-refractivity contribution is 9.26. The third-order valence-corrected chi connectivity index (χ3v) is 3.54. The second kappa shape index (κ2) is 5.98. The van der Waals surface area contributed by atoms with E-state index in [1.54, 1.807) is 31.2 Å². The molecule has 0 spiro atoms. The van der Waals surface area contributed by atoms with Crippen LogP contribution in [0.3, 0.4) is 0 Å². The predicted molar refractivity (Wildman–Crippen MR) is 73.0 cm³/mol. The molecule has 0 atom stereocenters. The van der Waals surface area contributed by atoms with Crippen LogP contribution in [0, 0.1) is 0 Å². The second-order valence-electron chi connectivity index (χ2n) is 3.13. The van der Waals surface area contributed by atoms with Crippen molar-refractivity contribution >= 4 is 55.2 Å². The third-order valence-electron chi connectivity index (χ3n) is 1.92. The standard InChI is InChI=1S/C11H9Br2ClO3/c1-2-17-10(16)11(12,13)9(15)7-3-5-8(14)6-4-7/h3-6H,2H2,1H3. The Morgan fingerprint density at radius 3 is 2.29 bits per heavy atom. The van der Waals surface area contributed by atoms with Crippen LogP contribution in [0.2, 0.25) is 5.02 Å². The lowest BCUT2D eigenvalue weighted by molar-refractivity contribution is -0.141. The van der Waals surface area contributed by atoms with Gasteiger partial charge in [-0.2, -0.15) is 0 Å². The van der Waals surface area contributed by atoms with Gasteiger partial charge in [-0.25, -0.2) is 4.79 Å². The van der Waals surface area contributed by atoms with Crippen molar-refractivity contribution in [2.24, 2.45) is 0 Å². The average molecular weight is 384 g/mol. The highest BCUT2D eigenvalue weighted by atomic mass is 79.9. The van der Waals surface area contributed by atoms with Gasteiger partial charge in [0.25, 0.3) is 0 Å². The number of benzene rings is 1. The number of alkyl halides is 2. The molecule has 0 N–H and O–H groups in total. The summed E-state index contributed by atoms with van der Waals surface area (Å²) in [4.78, 5) is 23.6. The summed E-state index contributed by atoms with van der Waals surface area (Å²) in [7, 11) is 0. The Hall–Kier alpha value is -0.390. The van der Waals surface area contributed by atoms with Gasteiger partial charge < -0.3 is 4.74 Å². The van der Waals surface area contributed by atoms with E-state index >= 15 is 0 Å². The lowest BCUT2D eigenvalue weighted by Gasteiger charge is -2.16. The number of halogens is 3. The predicted octanol–water partition coefficient (Wildman–Crippen LogP) is 3.57. The van der Waals surface area contributed by atoms with Crippen molar-refractivity contribution < 1.29 is 14.3 Å². The number of esters is 1. The van der Waals surface area contributed by atoms with Crippen LogP contribution in [0.25, 0.3) is 0 Å². The first kappa shape index (κ1) is 14.7. The van der Waals surface area contributed by atoms with Crippen molar-refractivity contribution in [1.82, 2.24) is 0 Å². The molecule has 0 amide bonds. The molecule has 0 saturated heterocycles. The molecular formula is C11H9Br2ClO3. The highest BCUT2D eigenvalue weighted by Crippen LogP contribution is 2.32. The normalized spacial score (nSPS) is 11.1. The molecule has 6 heteroatoms. The number of ketones is 1. The number of hydrogen-bond acceptors (Lipinski definition) is 3. The molecule has 17 heavy (non-hydrogen) atoms. The maximum absolute atomic E-state index is 12.1. The average Bonchev–Trinajstić information content (AvgIpc) is 2.29. The molecule has 0 radical (unpaired) electrons. The smallest absolute Gasteiger partial charge is 0.342 e. The molecule has 0 aliphatic rings. The molecule has 3 nitrogen and oxygen atoms in total. The van der Waals surface area contributed by atoms with Crippen LogP contribution in [0.1, 0.15) is 17.3 Å². The first-order valence-electron chi connectivity index (χ1n) is 4.75. The summed E-state index contributed by atoms with van der Waals surface area (Å²) in [6.07, 6.45) is 0. The van der Waals surface area contributed by atoms with E-state index in [2.05, 4.69) is 31.9 Å². The first-order valence-corrected chi connectivity index (χ1v) is 6.71. The Labute approximate surface area is 121 Å². The minimum absolute atomic E-state index is 0.200. The molecule has 0 saturated carbocycles. The molecular weight excluding hydrogens is 375 g/mol. The molecule has 0 unspecified atom stereocenters. The number of carbonyl (C=O) groups excluding carboxylic acids is 2. The first-order chi connectivity index (χ1) is 7.89. The van der Waals surface area contributed by atoms with Crippen LogP contribution in [0.4, 0.5) is 0 Å². The van der Waals surface area contributed by atoms with Gasteiger partial charge in [0.05, 0.1) is 6.61 Å². The van der Waals surface area contributed by atoms with Gasteiger partial charge in [0.2, 0.25) is 9.02 Å². The highest BCUT2D eigenvalue weighted by Gasteiger charge is 2.42. The lowest BCUT2D eigenvalue weighted by atomic mass is 10.1. The SMILES string of the molecule is CCOC(=O)C(Br)(Br)C(=O)c1ccc(Cl)cc1. The van der Waals surface area contributed by atoms with Gasteiger partial charge in [-0.1, -0.05) is 43.5 Å². The zero-order valence-corrected chi connectivity index (χ0v) is 12.8. The van der Waals surface area contributed by atoms with E-state index in [-0.39, 0.29) is 6.61 Å². The molecule has 0 aromatic heterocycles. The summed E-state index contributed by atoms with van der Waals surface area (Å²) >= 11 is 11.8. The maximum Gasteiger partial charge on any atom is 0.342 e. The Morgan fingerprint density at radius 2 is 1.82 bits per heavy atom.